The number of furan rings is 1. The van der Waals surface area contributed by atoms with E-state index in [-0.39, 0.29) is 5.41 Å². The molecule has 1 aliphatic carbocycles. The van der Waals surface area contributed by atoms with Crippen molar-refractivity contribution in [2.75, 3.05) is 4.90 Å². The number of anilines is 3. The van der Waals surface area contributed by atoms with Crippen LogP contribution < -0.4 is 4.90 Å². The third-order valence-electron chi connectivity index (χ3n) is 9.86. The summed E-state index contributed by atoms with van der Waals surface area (Å²) in [5.74, 6) is 0. The molecule has 1 heterocycles. The van der Waals surface area contributed by atoms with Gasteiger partial charge in [0.15, 0.2) is 5.58 Å². The molecule has 7 aromatic carbocycles. The lowest BCUT2D eigenvalue weighted by atomic mass is 9.82. The summed E-state index contributed by atoms with van der Waals surface area (Å²) in [4.78, 5) is 2.38. The van der Waals surface area contributed by atoms with Gasteiger partial charge >= 0.3 is 0 Å². The fraction of sp³-hybridized carbons (Fsp3) is 0.0667. The quantitative estimate of drug-likeness (QED) is 0.195. The lowest BCUT2D eigenvalue weighted by Crippen LogP contribution is -2.16. The molecule has 47 heavy (non-hydrogen) atoms. The van der Waals surface area contributed by atoms with Gasteiger partial charge in [-0.1, -0.05) is 135 Å². The Hall–Kier alpha value is -5.86. The number of para-hydroxylation sites is 1. The maximum absolute atomic E-state index is 6.73. The average molecular weight is 604 g/mol. The summed E-state index contributed by atoms with van der Waals surface area (Å²) in [6.07, 6.45) is 0. The number of hydrogen-bond donors (Lipinski definition) is 0. The van der Waals surface area contributed by atoms with Gasteiger partial charge in [0.25, 0.3) is 0 Å². The molecule has 0 saturated carbocycles. The summed E-state index contributed by atoms with van der Waals surface area (Å²) < 4.78 is 6.73. The van der Waals surface area contributed by atoms with E-state index in [1.807, 2.05) is 6.07 Å². The van der Waals surface area contributed by atoms with Gasteiger partial charge < -0.3 is 9.32 Å². The molecule has 1 aliphatic rings. The largest absolute Gasteiger partial charge is 0.454 e. The van der Waals surface area contributed by atoms with Gasteiger partial charge in [-0.05, 0) is 87.0 Å². The minimum atomic E-state index is -0.120. The number of hydrogen-bond acceptors (Lipinski definition) is 2. The van der Waals surface area contributed by atoms with Crippen LogP contribution in [0.2, 0.25) is 0 Å². The first-order valence-corrected chi connectivity index (χ1v) is 16.3. The monoisotopic (exact) mass is 603 g/mol. The maximum Gasteiger partial charge on any atom is 0.159 e. The van der Waals surface area contributed by atoms with Crippen molar-refractivity contribution >= 4 is 39.0 Å². The first-order chi connectivity index (χ1) is 23.1. The molecular formula is C45H33NO. The van der Waals surface area contributed by atoms with E-state index >= 15 is 0 Å². The van der Waals surface area contributed by atoms with Crippen molar-refractivity contribution in [1.82, 2.24) is 0 Å². The molecular weight excluding hydrogens is 571 g/mol. The Labute approximate surface area is 275 Å². The van der Waals surface area contributed by atoms with Crippen molar-refractivity contribution in [2.45, 2.75) is 19.3 Å². The Morgan fingerprint density at radius 2 is 1.04 bits per heavy atom. The van der Waals surface area contributed by atoms with Crippen molar-refractivity contribution in [3.63, 3.8) is 0 Å². The zero-order valence-electron chi connectivity index (χ0n) is 26.4. The molecule has 2 heteroatoms. The minimum Gasteiger partial charge on any atom is -0.454 e. The van der Waals surface area contributed by atoms with Crippen LogP contribution in [0.4, 0.5) is 17.1 Å². The van der Waals surface area contributed by atoms with Gasteiger partial charge in [-0.25, -0.2) is 0 Å². The highest BCUT2D eigenvalue weighted by Crippen LogP contribution is 2.51. The summed E-state index contributed by atoms with van der Waals surface area (Å²) in [6, 6.07) is 58.8. The number of fused-ring (bicyclic) bond motifs is 6. The Morgan fingerprint density at radius 3 is 1.81 bits per heavy atom. The van der Waals surface area contributed by atoms with Crippen LogP contribution >= 0.6 is 0 Å². The molecule has 0 bridgehead atoms. The number of nitrogens with zero attached hydrogens (tertiary/aromatic N) is 1. The molecule has 0 atom stereocenters. The predicted molar refractivity (Wildman–Crippen MR) is 197 cm³/mol. The van der Waals surface area contributed by atoms with E-state index in [2.05, 4.69) is 176 Å². The molecule has 224 valence electrons. The summed E-state index contributed by atoms with van der Waals surface area (Å²) >= 11 is 0. The van der Waals surface area contributed by atoms with Crippen LogP contribution in [0, 0.1) is 0 Å². The predicted octanol–water partition coefficient (Wildman–Crippen LogP) is 12.7. The second kappa shape index (κ2) is 10.6. The van der Waals surface area contributed by atoms with Gasteiger partial charge in [0.05, 0.1) is 5.69 Å². The summed E-state index contributed by atoms with van der Waals surface area (Å²) in [6.45, 7) is 4.68. The molecule has 2 nitrogen and oxygen atoms in total. The highest BCUT2D eigenvalue weighted by molar-refractivity contribution is 6.12. The van der Waals surface area contributed by atoms with E-state index in [1.54, 1.807) is 0 Å². The van der Waals surface area contributed by atoms with E-state index in [9.17, 15) is 0 Å². The fourth-order valence-electron chi connectivity index (χ4n) is 7.46. The van der Waals surface area contributed by atoms with Gasteiger partial charge in [-0.3, -0.25) is 0 Å². The third-order valence-corrected chi connectivity index (χ3v) is 9.86. The first kappa shape index (κ1) is 27.5. The molecule has 0 unspecified atom stereocenters. The molecule has 1 aromatic heterocycles. The third kappa shape index (κ3) is 4.40. The molecule has 0 fully saturated rings. The first-order valence-electron chi connectivity index (χ1n) is 16.3. The normalized spacial score (nSPS) is 13.1. The van der Waals surface area contributed by atoms with Gasteiger partial charge in [0, 0.05) is 27.6 Å². The Bertz CT molecular complexity index is 2420. The highest BCUT2D eigenvalue weighted by Gasteiger charge is 2.36. The number of benzene rings is 7. The topological polar surface area (TPSA) is 16.4 Å². The van der Waals surface area contributed by atoms with Crippen LogP contribution in [0.15, 0.2) is 168 Å². The Morgan fingerprint density at radius 1 is 0.447 bits per heavy atom. The summed E-state index contributed by atoms with van der Waals surface area (Å²) in [5, 5.41) is 2.23. The van der Waals surface area contributed by atoms with Crippen molar-refractivity contribution in [1.29, 1.82) is 0 Å². The van der Waals surface area contributed by atoms with E-state index in [0.29, 0.717) is 0 Å². The van der Waals surface area contributed by atoms with Crippen LogP contribution in [0.5, 0.6) is 0 Å². The standard InChI is InChI=1S/C45H33NO/c1-45(2)40-19-11-9-17-36(40)37-26-25-35(29-41(37)45)46(34-23-21-32(22-24-34)30-13-5-3-6-14-30)42-28-33(31-15-7-4-8-16-31)27-39-38-18-10-12-20-43(38)47-44(39)42/h3-29H,1-2H3. The van der Waals surface area contributed by atoms with Crippen LogP contribution in [-0.4, -0.2) is 0 Å². The molecule has 0 saturated heterocycles. The van der Waals surface area contributed by atoms with Crippen molar-refractivity contribution in [3.05, 3.63) is 175 Å². The average Bonchev–Trinajstić information content (AvgIpc) is 3.62. The van der Waals surface area contributed by atoms with E-state index in [0.717, 1.165) is 44.6 Å². The fourth-order valence-corrected chi connectivity index (χ4v) is 7.46. The van der Waals surface area contributed by atoms with Gasteiger partial charge in [0.1, 0.15) is 5.58 Å². The molecule has 0 aliphatic heterocycles. The van der Waals surface area contributed by atoms with Crippen LogP contribution in [-0.2, 0) is 5.41 Å². The molecule has 0 radical (unpaired) electrons. The lowest BCUT2D eigenvalue weighted by Gasteiger charge is -2.28. The molecule has 0 spiro atoms. The summed E-state index contributed by atoms with van der Waals surface area (Å²) in [5.41, 5.74) is 14.9. The van der Waals surface area contributed by atoms with Crippen LogP contribution in [0.3, 0.4) is 0 Å². The highest BCUT2D eigenvalue weighted by atomic mass is 16.3. The van der Waals surface area contributed by atoms with Gasteiger partial charge in [-0.2, -0.15) is 0 Å². The Balaban J connectivity index is 1.31. The van der Waals surface area contributed by atoms with Crippen molar-refractivity contribution in [2.24, 2.45) is 0 Å². The molecule has 0 N–H and O–H groups in total. The van der Waals surface area contributed by atoms with E-state index in [4.69, 9.17) is 4.42 Å². The number of rotatable bonds is 5. The lowest BCUT2D eigenvalue weighted by molar-refractivity contribution is 0.660. The minimum absolute atomic E-state index is 0.120. The second-order valence-corrected chi connectivity index (χ2v) is 13.0. The zero-order valence-corrected chi connectivity index (χ0v) is 26.4. The molecule has 0 amide bonds. The van der Waals surface area contributed by atoms with E-state index in [1.165, 1.54) is 38.9 Å². The SMILES string of the molecule is CC1(C)c2ccccc2-c2ccc(N(c3ccc(-c4ccccc4)cc3)c3cc(-c4ccccc4)cc4c3oc3ccccc34)cc21. The van der Waals surface area contributed by atoms with Gasteiger partial charge in [0.2, 0.25) is 0 Å². The smallest absolute Gasteiger partial charge is 0.159 e. The second-order valence-electron chi connectivity index (χ2n) is 13.0. The van der Waals surface area contributed by atoms with Gasteiger partial charge in [-0.15, -0.1) is 0 Å². The molecule has 8 aromatic rings. The molecule has 9 rings (SSSR count). The van der Waals surface area contributed by atoms with Crippen molar-refractivity contribution < 1.29 is 4.42 Å². The maximum atomic E-state index is 6.73. The Kier molecular flexibility index (Phi) is 6.20. The van der Waals surface area contributed by atoms with Crippen LogP contribution in [0.25, 0.3) is 55.3 Å². The summed E-state index contributed by atoms with van der Waals surface area (Å²) in [7, 11) is 0. The zero-order chi connectivity index (χ0) is 31.5. The van der Waals surface area contributed by atoms with Crippen molar-refractivity contribution in [3.8, 4) is 33.4 Å². The van der Waals surface area contributed by atoms with Crippen LogP contribution in [0.1, 0.15) is 25.0 Å². The van der Waals surface area contributed by atoms with E-state index < -0.39 is 0 Å².